The van der Waals surface area contributed by atoms with Gasteiger partial charge in [-0.25, -0.2) is 0 Å². The molecule has 0 saturated heterocycles. The van der Waals surface area contributed by atoms with E-state index in [1.165, 1.54) is 30.0 Å². The average molecular weight is 847 g/mol. The maximum Gasteiger partial charge on any atom is 0.177 e. The summed E-state index contributed by atoms with van der Waals surface area (Å²) in [5.74, 6) is 0. The molecule has 0 unspecified atom stereocenters. The van der Waals surface area contributed by atoms with E-state index >= 15 is 0 Å². The van der Waals surface area contributed by atoms with E-state index in [-0.39, 0.29) is 36.6 Å². The van der Waals surface area contributed by atoms with Gasteiger partial charge in [0.25, 0.3) is 0 Å². The molecule has 0 spiro atoms. The van der Waals surface area contributed by atoms with Crippen LogP contribution in [-0.2, 0) is 25.5 Å². The Morgan fingerprint density at radius 2 is 1.37 bits per heavy atom. The minimum atomic E-state index is -2.18. The Bertz CT molecular complexity index is 2800. The van der Waals surface area contributed by atoms with Gasteiger partial charge in [-0.1, -0.05) is 105 Å². The van der Waals surface area contributed by atoms with Crippen LogP contribution in [-0.4, -0.2) is 9.97 Å². The molecule has 5 heteroatoms. The second kappa shape index (κ2) is 13.8. The van der Waals surface area contributed by atoms with E-state index in [2.05, 4.69) is 86.4 Å². The Kier molecular flexibility index (Phi) is 7.38. The van der Waals surface area contributed by atoms with Gasteiger partial charge in [-0.3, -0.25) is 0 Å². The summed E-state index contributed by atoms with van der Waals surface area (Å²) in [6.07, 6.45) is 3.16. The maximum absolute atomic E-state index is 7.28. The number of pyridine rings is 2. The second-order valence-electron chi connectivity index (χ2n) is 13.3. The number of aromatic nitrogens is 2. The standard InChI is InChI=1S/C33H24NO2.C13H12N.Ir/c1-33(2,3)22-13-11-20(12-14-22)21-17-18-34-28(19-21)27-9-6-8-24-26-16-15-25-23-7-4-5-10-29(23)35-31(25)32(26)36-30(24)27;1-10-3-6-12(7-4-10)13-8-5-11(2)9-14-13;/h4-8,10-19H,1-3H3;3-6,8-9H,1-2H3;/q2*-1;/i;1D3,2D3;. The summed E-state index contributed by atoms with van der Waals surface area (Å²) in [5.41, 5.74) is 10.1. The minimum absolute atomic E-state index is 0. The van der Waals surface area contributed by atoms with Crippen LogP contribution < -0.4 is 0 Å². The number of rotatable bonds is 3. The van der Waals surface area contributed by atoms with Gasteiger partial charge in [-0.2, -0.15) is 0 Å². The predicted octanol–water partition coefficient (Wildman–Crippen LogP) is 12.5. The van der Waals surface area contributed by atoms with Crippen molar-refractivity contribution in [2.24, 2.45) is 0 Å². The molecule has 4 aromatic heterocycles. The molecule has 0 aliphatic carbocycles. The molecule has 253 valence electrons. The number of furan rings is 2. The first-order chi connectivity index (χ1) is 26.6. The van der Waals surface area contributed by atoms with Gasteiger partial charge in [-0.15, -0.1) is 53.6 Å². The topological polar surface area (TPSA) is 52.1 Å². The van der Waals surface area contributed by atoms with Crippen LogP contribution in [0.2, 0.25) is 0 Å². The number of nitrogens with zero attached hydrogens (tertiary/aromatic N) is 2. The molecule has 51 heavy (non-hydrogen) atoms. The van der Waals surface area contributed by atoms with Crippen molar-refractivity contribution in [1.29, 1.82) is 0 Å². The van der Waals surface area contributed by atoms with Crippen molar-refractivity contribution in [3.8, 4) is 33.6 Å². The molecular formula is C46H36IrN2O2-2. The SMILES string of the molecule is CC(C)(C)c1ccc(-c2ccnc(-c3[c-]ccc4c3oc3c4ccc4c5ccccc5oc43)c2)cc1.[2H]C([2H])([2H])c1c[c-]c(-c2ccc(C([2H])([2H])[2H])cn2)cc1.[Ir]. The Morgan fingerprint density at radius 1 is 0.627 bits per heavy atom. The average Bonchev–Trinajstić information content (AvgIpc) is 3.76. The van der Waals surface area contributed by atoms with Crippen LogP contribution >= 0.6 is 0 Å². The molecule has 0 saturated carbocycles. The third-order valence-electron chi connectivity index (χ3n) is 8.90. The van der Waals surface area contributed by atoms with Gasteiger partial charge in [0.1, 0.15) is 5.58 Å². The molecule has 9 rings (SSSR count). The van der Waals surface area contributed by atoms with E-state index in [0.29, 0.717) is 11.3 Å². The van der Waals surface area contributed by atoms with E-state index in [0.717, 1.165) is 66.3 Å². The third kappa shape index (κ3) is 6.63. The summed E-state index contributed by atoms with van der Waals surface area (Å²) < 4.78 is 56.4. The quantitative estimate of drug-likeness (QED) is 0.166. The van der Waals surface area contributed by atoms with Crippen molar-refractivity contribution >= 4 is 43.9 Å². The summed E-state index contributed by atoms with van der Waals surface area (Å²) in [5, 5.41) is 4.21. The molecule has 0 amide bonds. The van der Waals surface area contributed by atoms with E-state index in [1.54, 1.807) is 12.1 Å². The fourth-order valence-electron chi connectivity index (χ4n) is 6.22. The number of para-hydroxylation sites is 1. The van der Waals surface area contributed by atoms with E-state index in [1.807, 2.05) is 42.6 Å². The van der Waals surface area contributed by atoms with Crippen molar-refractivity contribution in [3.05, 3.63) is 156 Å². The van der Waals surface area contributed by atoms with E-state index in [4.69, 9.17) is 22.0 Å². The Hall–Kier alpha value is -5.35. The summed E-state index contributed by atoms with van der Waals surface area (Å²) in [7, 11) is 0. The first-order valence-electron chi connectivity index (χ1n) is 19.4. The van der Waals surface area contributed by atoms with Crippen LogP contribution in [0.3, 0.4) is 0 Å². The first kappa shape index (κ1) is 27.4. The largest absolute Gasteiger partial charge is 0.497 e. The fraction of sp³-hybridized carbons (Fsp3) is 0.130. The van der Waals surface area contributed by atoms with Crippen molar-refractivity contribution in [1.82, 2.24) is 9.97 Å². The molecule has 0 fully saturated rings. The van der Waals surface area contributed by atoms with Crippen LogP contribution in [0.4, 0.5) is 0 Å². The number of hydrogen-bond acceptors (Lipinski definition) is 4. The molecule has 5 aromatic carbocycles. The number of benzene rings is 5. The molecule has 4 heterocycles. The predicted molar refractivity (Wildman–Crippen MR) is 205 cm³/mol. The van der Waals surface area contributed by atoms with Crippen molar-refractivity contribution < 1.29 is 37.2 Å². The molecule has 1 radical (unpaired) electrons. The maximum atomic E-state index is 7.28. The van der Waals surface area contributed by atoms with E-state index < -0.39 is 13.7 Å². The molecule has 0 aliphatic rings. The molecule has 0 atom stereocenters. The van der Waals surface area contributed by atoms with Crippen LogP contribution in [0.1, 0.15) is 45.7 Å². The first-order valence-corrected chi connectivity index (χ1v) is 16.4. The molecule has 0 aliphatic heterocycles. The normalized spacial score (nSPS) is 13.7. The Morgan fingerprint density at radius 3 is 2.10 bits per heavy atom. The van der Waals surface area contributed by atoms with Gasteiger partial charge < -0.3 is 18.8 Å². The molecule has 9 aromatic rings. The zero-order valence-corrected chi connectivity index (χ0v) is 30.6. The Balaban J connectivity index is 0.000000202. The fourth-order valence-corrected chi connectivity index (χ4v) is 6.22. The van der Waals surface area contributed by atoms with Gasteiger partial charge in [-0.05, 0) is 64.1 Å². The molecule has 4 nitrogen and oxygen atoms in total. The summed E-state index contributed by atoms with van der Waals surface area (Å²) >= 11 is 0. The van der Waals surface area contributed by atoms with Gasteiger partial charge in [0, 0.05) is 56.9 Å². The zero-order chi connectivity index (χ0) is 39.4. The summed E-state index contributed by atoms with van der Waals surface area (Å²) in [4.78, 5) is 8.77. The smallest absolute Gasteiger partial charge is 0.177 e. The molecule has 0 N–H and O–H groups in total. The minimum Gasteiger partial charge on any atom is -0.497 e. The zero-order valence-electron chi connectivity index (χ0n) is 34.2. The van der Waals surface area contributed by atoms with Gasteiger partial charge in [0.05, 0.1) is 5.58 Å². The Labute approximate surface area is 320 Å². The van der Waals surface area contributed by atoms with Crippen molar-refractivity contribution in [3.63, 3.8) is 0 Å². The van der Waals surface area contributed by atoms with Crippen LogP contribution in [0.5, 0.6) is 0 Å². The summed E-state index contributed by atoms with van der Waals surface area (Å²) in [6.45, 7) is 2.36. The second-order valence-corrected chi connectivity index (χ2v) is 13.3. The van der Waals surface area contributed by atoms with Gasteiger partial charge >= 0.3 is 0 Å². The molecule has 0 bridgehead atoms. The molecular weight excluding hydrogens is 805 g/mol. The number of fused-ring (bicyclic) bond motifs is 7. The van der Waals surface area contributed by atoms with Crippen LogP contribution in [0, 0.1) is 25.8 Å². The monoisotopic (exact) mass is 847 g/mol. The van der Waals surface area contributed by atoms with Crippen molar-refractivity contribution in [2.45, 2.75) is 39.9 Å². The van der Waals surface area contributed by atoms with Crippen molar-refractivity contribution in [2.75, 3.05) is 0 Å². The van der Waals surface area contributed by atoms with Gasteiger partial charge in [0.15, 0.2) is 11.2 Å². The van der Waals surface area contributed by atoms with Crippen LogP contribution in [0.15, 0.2) is 136 Å². The van der Waals surface area contributed by atoms with E-state index in [9.17, 15) is 0 Å². The summed E-state index contributed by atoms with van der Waals surface area (Å²) in [6, 6.07) is 43.1. The number of hydrogen-bond donors (Lipinski definition) is 0. The number of aryl methyl sites for hydroxylation is 2. The van der Waals surface area contributed by atoms with Crippen LogP contribution in [0.25, 0.3) is 77.5 Å². The third-order valence-corrected chi connectivity index (χ3v) is 8.90. The van der Waals surface area contributed by atoms with Gasteiger partial charge in [0.2, 0.25) is 0 Å².